The van der Waals surface area contributed by atoms with E-state index in [4.69, 9.17) is 18.9 Å². The van der Waals surface area contributed by atoms with Gasteiger partial charge in [-0.2, -0.15) is 0 Å². The van der Waals surface area contributed by atoms with Crippen LogP contribution in [-0.2, 0) is 32.8 Å². The summed E-state index contributed by atoms with van der Waals surface area (Å²) < 4.78 is 23.4. The molecule has 2 aliphatic rings. The average molecular weight is 532 g/mol. The number of carbonyl (C=O) groups is 1. The molecule has 5 rings (SSSR count). The Morgan fingerprint density at radius 2 is 1.87 bits per heavy atom. The number of aliphatic hydroxyl groups is 1. The molecule has 3 atom stereocenters. The Labute approximate surface area is 230 Å². The third kappa shape index (κ3) is 5.39. The molecule has 0 spiro atoms. The molecule has 7 heteroatoms. The van der Waals surface area contributed by atoms with Crippen molar-refractivity contribution >= 4 is 11.7 Å². The molecule has 206 valence electrons. The van der Waals surface area contributed by atoms with E-state index >= 15 is 0 Å². The number of ether oxygens (including phenoxy) is 4. The Balaban J connectivity index is 1.41. The van der Waals surface area contributed by atoms with Crippen molar-refractivity contribution in [1.29, 1.82) is 0 Å². The van der Waals surface area contributed by atoms with Crippen LogP contribution >= 0.6 is 0 Å². The summed E-state index contributed by atoms with van der Waals surface area (Å²) in [5.74, 6) is 0.435. The molecule has 0 bridgehead atoms. The lowest BCUT2D eigenvalue weighted by Crippen LogP contribution is -2.41. The smallest absolute Gasteiger partial charge is 0.338 e. The normalized spacial score (nSPS) is 21.5. The molecular weight excluding hydrogens is 494 g/mol. The molecule has 1 fully saturated rings. The van der Waals surface area contributed by atoms with E-state index < -0.39 is 23.9 Å². The molecule has 0 radical (unpaired) electrons. The Kier molecular flexibility index (Phi) is 8.21. The fraction of sp³-hybridized carbons (Fsp3) is 0.406. The molecule has 7 nitrogen and oxygen atoms in total. The van der Waals surface area contributed by atoms with Crippen molar-refractivity contribution in [1.82, 2.24) is 0 Å². The standard InChI is InChI=1S/C32H37NO6/c1-4-5-11-23-17-16-22(2)26(29(23)38-21-36-3)19-33-28-15-10-9-14-27(28)32(35)18-25(39-31(32)33)20-37-30(34)24-12-7-6-8-13-24/h6-10,12-17,25,31,35H,4-5,11,18-21H2,1-3H3/t25-,31?,32+/m0/s1. The summed E-state index contributed by atoms with van der Waals surface area (Å²) in [7, 11) is 1.62. The quantitative estimate of drug-likeness (QED) is 0.259. The fourth-order valence-electron chi connectivity index (χ4n) is 5.68. The number of anilines is 1. The highest BCUT2D eigenvalue weighted by Crippen LogP contribution is 2.52. The van der Waals surface area contributed by atoms with Gasteiger partial charge in [0.2, 0.25) is 0 Å². The van der Waals surface area contributed by atoms with Crippen LogP contribution < -0.4 is 9.64 Å². The SMILES string of the molecule is CCCCc1ccc(C)c(CN2c3ccccc3[C@]3(O)C[C@@H](COC(=O)c4ccccc4)OC23)c1OCOC. The number of hydrogen-bond donors (Lipinski definition) is 1. The van der Waals surface area contributed by atoms with E-state index in [9.17, 15) is 9.90 Å². The van der Waals surface area contributed by atoms with E-state index in [1.807, 2.05) is 30.3 Å². The van der Waals surface area contributed by atoms with Gasteiger partial charge in [-0.15, -0.1) is 0 Å². The number of methoxy groups -OCH3 is 1. The van der Waals surface area contributed by atoms with Crippen molar-refractivity contribution in [3.05, 3.63) is 94.5 Å². The summed E-state index contributed by atoms with van der Waals surface area (Å²) in [6, 6.07) is 21.0. The second kappa shape index (κ2) is 11.8. The minimum Gasteiger partial charge on any atom is -0.467 e. The molecular formula is C32H37NO6. The van der Waals surface area contributed by atoms with Gasteiger partial charge in [-0.3, -0.25) is 0 Å². The van der Waals surface area contributed by atoms with Crippen LogP contribution in [-0.4, -0.2) is 43.9 Å². The lowest BCUT2D eigenvalue weighted by atomic mass is 9.91. The zero-order chi connectivity index (χ0) is 27.4. The van der Waals surface area contributed by atoms with Crippen molar-refractivity contribution in [2.24, 2.45) is 0 Å². The van der Waals surface area contributed by atoms with Gasteiger partial charge in [-0.1, -0.05) is 61.9 Å². The number of hydrogen-bond acceptors (Lipinski definition) is 7. The number of esters is 1. The number of para-hydroxylation sites is 1. The third-order valence-corrected chi connectivity index (χ3v) is 7.67. The number of fused-ring (bicyclic) bond motifs is 3. The molecule has 0 saturated carbocycles. The Hall–Kier alpha value is -3.39. The molecule has 1 unspecified atom stereocenters. The Morgan fingerprint density at radius 3 is 2.64 bits per heavy atom. The summed E-state index contributed by atoms with van der Waals surface area (Å²) in [6.07, 6.45) is 2.33. The van der Waals surface area contributed by atoms with Crippen LogP contribution in [0.4, 0.5) is 5.69 Å². The number of carbonyl (C=O) groups excluding carboxylic acids is 1. The summed E-state index contributed by atoms with van der Waals surface area (Å²) in [5.41, 5.74) is 4.31. The van der Waals surface area contributed by atoms with Gasteiger partial charge < -0.3 is 29.0 Å². The highest BCUT2D eigenvalue weighted by atomic mass is 16.7. The van der Waals surface area contributed by atoms with Crippen LogP contribution in [0, 0.1) is 6.92 Å². The van der Waals surface area contributed by atoms with Crippen LogP contribution in [0.3, 0.4) is 0 Å². The van der Waals surface area contributed by atoms with Crippen molar-refractivity contribution in [2.45, 2.75) is 64.0 Å². The van der Waals surface area contributed by atoms with E-state index in [-0.39, 0.29) is 13.4 Å². The van der Waals surface area contributed by atoms with Gasteiger partial charge in [0.1, 0.15) is 18.0 Å². The maximum atomic E-state index is 12.5. The lowest BCUT2D eigenvalue weighted by molar-refractivity contribution is -0.0510. The van der Waals surface area contributed by atoms with Gasteiger partial charge in [0.25, 0.3) is 0 Å². The van der Waals surface area contributed by atoms with E-state index in [1.165, 1.54) is 0 Å². The Morgan fingerprint density at radius 1 is 1.10 bits per heavy atom. The lowest BCUT2D eigenvalue weighted by Gasteiger charge is -2.30. The summed E-state index contributed by atoms with van der Waals surface area (Å²) in [4.78, 5) is 14.6. The molecule has 3 aromatic rings. The van der Waals surface area contributed by atoms with Crippen molar-refractivity contribution in [3.63, 3.8) is 0 Å². The highest BCUT2D eigenvalue weighted by molar-refractivity contribution is 5.89. The summed E-state index contributed by atoms with van der Waals surface area (Å²) in [6.45, 7) is 4.97. The number of benzene rings is 3. The van der Waals surface area contributed by atoms with Gasteiger partial charge in [-0.05, 0) is 49.1 Å². The predicted molar refractivity (Wildman–Crippen MR) is 149 cm³/mol. The zero-order valence-corrected chi connectivity index (χ0v) is 22.9. The van der Waals surface area contributed by atoms with Gasteiger partial charge in [0, 0.05) is 36.9 Å². The second-order valence-electron chi connectivity index (χ2n) is 10.4. The van der Waals surface area contributed by atoms with Crippen molar-refractivity contribution < 1.29 is 28.8 Å². The van der Waals surface area contributed by atoms with Crippen LogP contribution in [0.15, 0.2) is 66.7 Å². The number of unbranched alkanes of at least 4 members (excludes halogenated alkanes) is 1. The zero-order valence-electron chi connectivity index (χ0n) is 22.9. The van der Waals surface area contributed by atoms with Gasteiger partial charge in [-0.25, -0.2) is 4.79 Å². The number of rotatable bonds is 11. The molecule has 39 heavy (non-hydrogen) atoms. The maximum absolute atomic E-state index is 12.5. The maximum Gasteiger partial charge on any atom is 0.338 e. The first kappa shape index (κ1) is 27.2. The predicted octanol–water partition coefficient (Wildman–Crippen LogP) is 5.50. The monoisotopic (exact) mass is 531 g/mol. The Bertz CT molecular complexity index is 1300. The summed E-state index contributed by atoms with van der Waals surface area (Å²) >= 11 is 0. The van der Waals surface area contributed by atoms with Crippen LogP contribution in [0.1, 0.15) is 58.8 Å². The molecule has 0 amide bonds. The van der Waals surface area contributed by atoms with Gasteiger partial charge >= 0.3 is 5.97 Å². The minimum absolute atomic E-state index is 0.0657. The van der Waals surface area contributed by atoms with Crippen molar-refractivity contribution in [2.75, 3.05) is 25.4 Å². The molecule has 1 N–H and O–H groups in total. The van der Waals surface area contributed by atoms with Crippen LogP contribution in [0.5, 0.6) is 5.75 Å². The topological polar surface area (TPSA) is 77.5 Å². The van der Waals surface area contributed by atoms with Gasteiger partial charge in [0.05, 0.1) is 11.7 Å². The molecule has 2 heterocycles. The molecule has 2 aliphatic heterocycles. The average Bonchev–Trinajstić information content (AvgIpc) is 3.41. The number of aryl methyl sites for hydroxylation is 2. The number of nitrogens with zero attached hydrogens (tertiary/aromatic N) is 1. The molecule has 1 saturated heterocycles. The highest BCUT2D eigenvalue weighted by Gasteiger charge is 2.57. The minimum atomic E-state index is -1.22. The van der Waals surface area contributed by atoms with E-state index in [2.05, 4.69) is 30.9 Å². The van der Waals surface area contributed by atoms with E-state index in [0.717, 1.165) is 53.0 Å². The second-order valence-corrected chi connectivity index (χ2v) is 10.4. The molecule has 0 aromatic heterocycles. The van der Waals surface area contributed by atoms with Crippen LogP contribution in [0.2, 0.25) is 0 Å². The van der Waals surface area contributed by atoms with Gasteiger partial charge in [0.15, 0.2) is 13.0 Å². The first-order chi connectivity index (χ1) is 19.0. The summed E-state index contributed by atoms with van der Waals surface area (Å²) in [5, 5.41) is 12.0. The molecule has 0 aliphatic carbocycles. The van der Waals surface area contributed by atoms with E-state index in [1.54, 1.807) is 31.4 Å². The first-order valence-electron chi connectivity index (χ1n) is 13.7. The van der Waals surface area contributed by atoms with E-state index in [0.29, 0.717) is 18.5 Å². The molecule has 3 aromatic carbocycles. The largest absolute Gasteiger partial charge is 0.467 e. The van der Waals surface area contributed by atoms with Crippen molar-refractivity contribution in [3.8, 4) is 5.75 Å². The first-order valence-corrected chi connectivity index (χ1v) is 13.7. The fourth-order valence-corrected chi connectivity index (χ4v) is 5.68. The third-order valence-electron chi connectivity index (χ3n) is 7.67. The van der Waals surface area contributed by atoms with Crippen LogP contribution in [0.25, 0.3) is 0 Å².